The summed E-state index contributed by atoms with van der Waals surface area (Å²) in [6.45, 7) is 2.11. The van der Waals surface area contributed by atoms with Crippen LogP contribution in [0.25, 0.3) is 0 Å². The highest BCUT2D eigenvalue weighted by atomic mass is 32.2. The number of rotatable bonds is 10. The molecule has 1 aromatic rings. The van der Waals surface area contributed by atoms with Crippen molar-refractivity contribution in [2.75, 3.05) is 10.5 Å². The summed E-state index contributed by atoms with van der Waals surface area (Å²) in [5.74, 6) is -2.18. The van der Waals surface area contributed by atoms with Crippen LogP contribution in [0.1, 0.15) is 55.8 Å². The molecular formula is C15H22FNO4S. The van der Waals surface area contributed by atoms with E-state index in [4.69, 9.17) is 5.11 Å². The molecule has 0 atom stereocenters. The number of hydrogen-bond donors (Lipinski definition) is 2. The lowest BCUT2D eigenvalue weighted by molar-refractivity contribution is 0.0697. The Labute approximate surface area is 130 Å². The van der Waals surface area contributed by atoms with Gasteiger partial charge >= 0.3 is 5.97 Å². The lowest BCUT2D eigenvalue weighted by atomic mass is 10.1. The molecule has 1 aromatic carbocycles. The van der Waals surface area contributed by atoms with Crippen LogP contribution in [0.5, 0.6) is 0 Å². The van der Waals surface area contributed by atoms with Gasteiger partial charge in [-0.05, 0) is 24.6 Å². The quantitative estimate of drug-likeness (QED) is 0.641. The SMILES string of the molecule is CCCCCCCCS(=O)(=O)Nc1ccc(F)cc1C(=O)O. The van der Waals surface area contributed by atoms with Crippen molar-refractivity contribution in [3.8, 4) is 0 Å². The van der Waals surface area contributed by atoms with Crippen molar-refractivity contribution in [1.29, 1.82) is 0 Å². The van der Waals surface area contributed by atoms with Crippen molar-refractivity contribution >= 4 is 21.7 Å². The van der Waals surface area contributed by atoms with E-state index in [9.17, 15) is 17.6 Å². The highest BCUT2D eigenvalue weighted by molar-refractivity contribution is 7.92. The van der Waals surface area contributed by atoms with Gasteiger partial charge in [0.25, 0.3) is 0 Å². The molecule has 0 aliphatic rings. The number of benzene rings is 1. The monoisotopic (exact) mass is 331 g/mol. The molecule has 0 saturated heterocycles. The van der Waals surface area contributed by atoms with Crippen LogP contribution in [0.4, 0.5) is 10.1 Å². The Balaban J connectivity index is 2.59. The van der Waals surface area contributed by atoms with Gasteiger partial charge in [0.1, 0.15) is 5.82 Å². The number of aromatic carboxylic acids is 1. The maximum absolute atomic E-state index is 13.1. The second-order valence-corrected chi connectivity index (χ2v) is 7.03. The van der Waals surface area contributed by atoms with E-state index in [-0.39, 0.29) is 11.4 Å². The lowest BCUT2D eigenvalue weighted by Crippen LogP contribution is -2.18. The zero-order valence-electron chi connectivity index (χ0n) is 12.6. The van der Waals surface area contributed by atoms with Gasteiger partial charge in [0.15, 0.2) is 0 Å². The standard InChI is InChI=1S/C15H22FNO4S/c1-2-3-4-5-6-7-10-22(20,21)17-14-9-8-12(16)11-13(14)15(18)19/h8-9,11,17H,2-7,10H2,1H3,(H,18,19). The zero-order valence-corrected chi connectivity index (χ0v) is 13.5. The van der Waals surface area contributed by atoms with E-state index < -0.39 is 27.4 Å². The van der Waals surface area contributed by atoms with Crippen molar-refractivity contribution in [2.45, 2.75) is 45.4 Å². The maximum Gasteiger partial charge on any atom is 0.337 e. The molecule has 2 N–H and O–H groups in total. The van der Waals surface area contributed by atoms with Crippen molar-refractivity contribution in [3.05, 3.63) is 29.6 Å². The van der Waals surface area contributed by atoms with Crippen molar-refractivity contribution in [1.82, 2.24) is 0 Å². The van der Waals surface area contributed by atoms with Gasteiger partial charge in [-0.2, -0.15) is 0 Å². The van der Waals surface area contributed by atoms with E-state index in [1.54, 1.807) is 0 Å². The molecule has 0 aliphatic heterocycles. The third kappa shape index (κ3) is 6.43. The molecule has 0 amide bonds. The Morgan fingerprint density at radius 3 is 2.45 bits per heavy atom. The van der Waals surface area contributed by atoms with E-state index >= 15 is 0 Å². The minimum absolute atomic E-state index is 0.0738. The summed E-state index contributed by atoms with van der Waals surface area (Å²) in [7, 11) is -3.63. The summed E-state index contributed by atoms with van der Waals surface area (Å²) in [6.07, 6.45) is 5.68. The second kappa shape index (κ2) is 8.73. The normalized spacial score (nSPS) is 11.4. The molecule has 0 aromatic heterocycles. The third-order valence-electron chi connectivity index (χ3n) is 3.24. The van der Waals surface area contributed by atoms with Gasteiger partial charge in [-0.25, -0.2) is 17.6 Å². The predicted molar refractivity (Wildman–Crippen MR) is 84.1 cm³/mol. The average Bonchev–Trinajstić information content (AvgIpc) is 2.44. The highest BCUT2D eigenvalue weighted by Crippen LogP contribution is 2.19. The summed E-state index contributed by atoms with van der Waals surface area (Å²) in [5, 5.41) is 8.98. The molecule has 0 heterocycles. The first-order valence-electron chi connectivity index (χ1n) is 7.39. The highest BCUT2D eigenvalue weighted by Gasteiger charge is 2.16. The van der Waals surface area contributed by atoms with Gasteiger partial charge in [0.2, 0.25) is 10.0 Å². The summed E-state index contributed by atoms with van der Waals surface area (Å²) >= 11 is 0. The van der Waals surface area contributed by atoms with Crippen LogP contribution in [-0.4, -0.2) is 25.2 Å². The number of carbonyl (C=O) groups is 1. The fourth-order valence-electron chi connectivity index (χ4n) is 2.07. The zero-order chi connectivity index (χ0) is 16.6. The van der Waals surface area contributed by atoms with E-state index in [1.807, 2.05) is 0 Å². The molecule has 7 heteroatoms. The fourth-order valence-corrected chi connectivity index (χ4v) is 3.27. The summed E-state index contributed by atoms with van der Waals surface area (Å²) in [6, 6.07) is 2.94. The minimum Gasteiger partial charge on any atom is -0.478 e. The van der Waals surface area contributed by atoms with Crippen LogP contribution in [-0.2, 0) is 10.0 Å². The second-order valence-electron chi connectivity index (χ2n) is 5.18. The van der Waals surface area contributed by atoms with Crippen molar-refractivity contribution in [3.63, 3.8) is 0 Å². The van der Waals surface area contributed by atoms with Crippen LogP contribution in [0.3, 0.4) is 0 Å². The molecule has 0 radical (unpaired) electrons. The molecule has 124 valence electrons. The predicted octanol–water partition coefficient (Wildman–Crippen LogP) is 3.63. The van der Waals surface area contributed by atoms with Gasteiger partial charge in [-0.15, -0.1) is 0 Å². The molecule has 0 fully saturated rings. The van der Waals surface area contributed by atoms with E-state index in [0.717, 1.165) is 50.3 Å². The van der Waals surface area contributed by atoms with E-state index in [2.05, 4.69) is 11.6 Å². The summed E-state index contributed by atoms with van der Waals surface area (Å²) in [4.78, 5) is 11.0. The molecule has 22 heavy (non-hydrogen) atoms. The molecule has 0 saturated carbocycles. The smallest absolute Gasteiger partial charge is 0.337 e. The Morgan fingerprint density at radius 2 is 1.82 bits per heavy atom. The lowest BCUT2D eigenvalue weighted by Gasteiger charge is -2.10. The van der Waals surface area contributed by atoms with Gasteiger partial charge in [-0.3, -0.25) is 4.72 Å². The van der Waals surface area contributed by atoms with Gasteiger partial charge in [-0.1, -0.05) is 39.0 Å². The fraction of sp³-hybridized carbons (Fsp3) is 0.533. The minimum atomic E-state index is -3.63. The molecule has 0 spiro atoms. The van der Waals surface area contributed by atoms with Crippen molar-refractivity contribution in [2.24, 2.45) is 0 Å². The van der Waals surface area contributed by atoms with Crippen molar-refractivity contribution < 1.29 is 22.7 Å². The average molecular weight is 331 g/mol. The Hall–Kier alpha value is -1.63. The number of unbranched alkanes of at least 4 members (excludes halogenated alkanes) is 5. The number of carboxylic acid groups (broad SMARTS) is 1. The molecule has 0 aliphatic carbocycles. The van der Waals surface area contributed by atoms with Crippen LogP contribution in [0.15, 0.2) is 18.2 Å². The van der Waals surface area contributed by atoms with Crippen LogP contribution in [0, 0.1) is 5.82 Å². The number of sulfonamides is 1. The van der Waals surface area contributed by atoms with Gasteiger partial charge < -0.3 is 5.11 Å². The van der Waals surface area contributed by atoms with Gasteiger partial charge in [0.05, 0.1) is 17.0 Å². The number of nitrogens with one attached hydrogen (secondary N) is 1. The van der Waals surface area contributed by atoms with Crippen LogP contribution >= 0.6 is 0 Å². The summed E-state index contributed by atoms with van der Waals surface area (Å²) in [5.41, 5.74) is -0.508. The number of anilines is 1. The molecule has 1 rings (SSSR count). The number of hydrogen-bond acceptors (Lipinski definition) is 3. The summed E-state index contributed by atoms with van der Waals surface area (Å²) < 4.78 is 39.2. The maximum atomic E-state index is 13.1. The third-order valence-corrected chi connectivity index (χ3v) is 4.60. The molecule has 0 bridgehead atoms. The Bertz CT molecular complexity index is 602. The largest absolute Gasteiger partial charge is 0.478 e. The Kier molecular flexibility index (Phi) is 7.31. The molecular weight excluding hydrogens is 309 g/mol. The number of carboxylic acids is 1. The molecule has 5 nitrogen and oxygen atoms in total. The van der Waals surface area contributed by atoms with E-state index in [1.165, 1.54) is 0 Å². The first-order chi connectivity index (χ1) is 10.4. The number of halogens is 1. The Morgan fingerprint density at radius 1 is 1.18 bits per heavy atom. The first kappa shape index (κ1) is 18.4. The van der Waals surface area contributed by atoms with E-state index in [0.29, 0.717) is 6.42 Å². The first-order valence-corrected chi connectivity index (χ1v) is 9.04. The van der Waals surface area contributed by atoms with Crippen LogP contribution in [0.2, 0.25) is 0 Å². The topological polar surface area (TPSA) is 83.5 Å². The van der Waals surface area contributed by atoms with Gasteiger partial charge in [0, 0.05) is 0 Å². The van der Waals surface area contributed by atoms with Crippen LogP contribution < -0.4 is 4.72 Å². The molecule has 0 unspecified atom stereocenters.